The second-order valence-electron chi connectivity index (χ2n) is 15.1. The number of alkyl halides is 2. The van der Waals surface area contributed by atoms with Crippen LogP contribution in [0.25, 0.3) is 0 Å². The van der Waals surface area contributed by atoms with Crippen molar-refractivity contribution < 1.29 is 55.6 Å². The molecule has 1 heterocycles. The first-order chi connectivity index (χ1) is 24.3. The van der Waals surface area contributed by atoms with Crippen molar-refractivity contribution >= 4 is 25.7 Å². The molecule has 0 aromatic heterocycles. The molecule has 2 fully saturated rings. The van der Waals surface area contributed by atoms with Crippen LogP contribution in [-0.2, 0) is 29.9 Å². The van der Waals surface area contributed by atoms with E-state index < -0.39 is 66.6 Å². The Hall–Kier alpha value is -3.44. The van der Waals surface area contributed by atoms with Gasteiger partial charge in [0, 0.05) is 37.9 Å². The highest BCUT2D eigenvalue weighted by Gasteiger charge is 2.48. The Morgan fingerprint density at radius 1 is 0.885 bits per heavy atom. The van der Waals surface area contributed by atoms with Crippen molar-refractivity contribution in [1.82, 2.24) is 4.90 Å². The van der Waals surface area contributed by atoms with Gasteiger partial charge in [-0.2, -0.15) is 8.78 Å². The van der Waals surface area contributed by atoms with E-state index >= 15 is 0 Å². The zero-order chi connectivity index (χ0) is 38.4. The molecule has 0 bridgehead atoms. The molecule has 1 aliphatic carbocycles. The standard InChI is InChI=1S/C38H50F4NO8P/c1-8-47-33(44)38(41,42)49-32-28(20-26(39)21-29(32)40)25-14-16-27(17-15-25)48-22-30-31(18-19-43(30)34(45)50-36(2,3)4)52(35(46)51-37(5,6)7)23-24-12-10-9-11-13-24/h9-13,20-21,25,27,30-31H,8,14-19,22-23H2,1-7H3. The molecule has 1 saturated carbocycles. The highest BCUT2D eigenvalue weighted by Crippen LogP contribution is 2.53. The number of hydrogen-bond acceptors (Lipinski definition) is 8. The van der Waals surface area contributed by atoms with E-state index in [0.29, 0.717) is 50.9 Å². The summed E-state index contributed by atoms with van der Waals surface area (Å²) in [6.07, 6.45) is -2.87. The van der Waals surface area contributed by atoms with Crippen LogP contribution in [0.2, 0.25) is 0 Å². The van der Waals surface area contributed by atoms with Gasteiger partial charge >= 0.3 is 23.9 Å². The number of halogens is 4. The summed E-state index contributed by atoms with van der Waals surface area (Å²) >= 11 is 0. The average Bonchev–Trinajstić information content (AvgIpc) is 3.46. The Labute approximate surface area is 304 Å². The summed E-state index contributed by atoms with van der Waals surface area (Å²) in [5.41, 5.74) is -1.17. The van der Waals surface area contributed by atoms with Crippen molar-refractivity contribution in [1.29, 1.82) is 0 Å². The van der Waals surface area contributed by atoms with Crippen molar-refractivity contribution in [2.45, 2.75) is 128 Å². The fourth-order valence-corrected chi connectivity index (χ4v) is 9.24. The van der Waals surface area contributed by atoms with E-state index in [2.05, 4.69) is 9.47 Å². The summed E-state index contributed by atoms with van der Waals surface area (Å²) in [6, 6.07) is 10.5. The second-order valence-corrected chi connectivity index (χ2v) is 17.4. The Morgan fingerprint density at radius 3 is 2.12 bits per heavy atom. The van der Waals surface area contributed by atoms with Crippen LogP contribution < -0.4 is 4.74 Å². The number of ether oxygens (including phenoxy) is 5. The fourth-order valence-electron chi connectivity index (χ4n) is 6.52. The van der Waals surface area contributed by atoms with E-state index in [-0.39, 0.29) is 36.3 Å². The average molecular weight is 756 g/mol. The van der Waals surface area contributed by atoms with Gasteiger partial charge < -0.3 is 28.6 Å². The van der Waals surface area contributed by atoms with E-state index in [1.807, 2.05) is 51.1 Å². The predicted molar refractivity (Wildman–Crippen MR) is 188 cm³/mol. The Kier molecular flexibility index (Phi) is 13.6. The molecular formula is C38H50F4NO8P. The molecule has 9 nitrogen and oxygen atoms in total. The van der Waals surface area contributed by atoms with Gasteiger partial charge in [0.1, 0.15) is 17.0 Å². The second kappa shape index (κ2) is 17.1. The van der Waals surface area contributed by atoms with Crippen LogP contribution in [0, 0.1) is 11.6 Å². The van der Waals surface area contributed by atoms with E-state index in [0.717, 1.165) is 11.6 Å². The minimum Gasteiger partial charge on any atom is -0.459 e. The zero-order valence-electron chi connectivity index (χ0n) is 30.9. The number of carbonyl (C=O) groups is 3. The summed E-state index contributed by atoms with van der Waals surface area (Å²) < 4.78 is 85.3. The van der Waals surface area contributed by atoms with E-state index in [4.69, 9.17) is 14.2 Å². The van der Waals surface area contributed by atoms with Crippen LogP contribution in [0.15, 0.2) is 42.5 Å². The zero-order valence-corrected chi connectivity index (χ0v) is 31.8. The van der Waals surface area contributed by atoms with Gasteiger partial charge in [-0.3, -0.25) is 0 Å². The minimum absolute atomic E-state index is 0.102. The molecule has 0 N–H and O–H groups in total. The lowest BCUT2D eigenvalue weighted by Gasteiger charge is -2.36. The predicted octanol–water partition coefficient (Wildman–Crippen LogP) is 9.54. The molecule has 2 aromatic rings. The molecule has 1 amide bonds. The number of likely N-dealkylation sites (tertiary alicyclic amines) is 1. The van der Waals surface area contributed by atoms with Gasteiger partial charge in [0.25, 0.3) is 0 Å². The molecule has 1 aliphatic heterocycles. The molecule has 288 valence electrons. The van der Waals surface area contributed by atoms with Crippen molar-refractivity contribution in [2.24, 2.45) is 0 Å². The van der Waals surface area contributed by atoms with Gasteiger partial charge in [-0.05, 0) is 98.1 Å². The van der Waals surface area contributed by atoms with Crippen molar-refractivity contribution in [2.75, 3.05) is 19.8 Å². The number of carbonyl (C=O) groups excluding carboxylic acids is 3. The topological polar surface area (TPSA) is 101 Å². The lowest BCUT2D eigenvalue weighted by atomic mass is 9.82. The molecule has 3 atom stereocenters. The van der Waals surface area contributed by atoms with Crippen molar-refractivity contribution in [3.8, 4) is 5.75 Å². The van der Waals surface area contributed by atoms with Crippen LogP contribution in [-0.4, -0.2) is 77.5 Å². The molecule has 4 rings (SSSR count). The summed E-state index contributed by atoms with van der Waals surface area (Å²) in [5, 5.41) is 0. The fraction of sp³-hybridized carbons (Fsp3) is 0.605. The van der Waals surface area contributed by atoms with Crippen LogP contribution in [0.1, 0.15) is 97.6 Å². The molecule has 0 radical (unpaired) electrons. The summed E-state index contributed by atoms with van der Waals surface area (Å²) in [6.45, 7) is 12.3. The molecule has 52 heavy (non-hydrogen) atoms. The molecule has 2 aromatic carbocycles. The van der Waals surface area contributed by atoms with Gasteiger partial charge in [0.2, 0.25) is 0 Å². The minimum atomic E-state index is -4.49. The Morgan fingerprint density at radius 2 is 1.52 bits per heavy atom. The maximum Gasteiger partial charge on any atom is 0.502 e. The third-order valence-electron chi connectivity index (χ3n) is 8.76. The quantitative estimate of drug-likeness (QED) is 0.0915. The normalized spacial score (nSPS) is 21.7. The number of nitrogens with zero attached hydrogens (tertiary/aromatic N) is 1. The smallest absolute Gasteiger partial charge is 0.459 e. The van der Waals surface area contributed by atoms with Crippen LogP contribution in [0.4, 0.5) is 27.2 Å². The molecule has 1 saturated heterocycles. The van der Waals surface area contributed by atoms with Crippen molar-refractivity contribution in [3.05, 3.63) is 65.2 Å². The van der Waals surface area contributed by atoms with Gasteiger partial charge in [0.15, 0.2) is 11.6 Å². The number of rotatable bonds is 12. The van der Waals surface area contributed by atoms with Gasteiger partial charge in [-0.15, -0.1) is 0 Å². The maximum atomic E-state index is 14.9. The molecule has 3 unspecified atom stereocenters. The third-order valence-corrected chi connectivity index (χ3v) is 11.4. The number of esters is 1. The van der Waals surface area contributed by atoms with Gasteiger partial charge in [-0.1, -0.05) is 30.3 Å². The Balaban J connectivity index is 1.53. The Bertz CT molecular complexity index is 1540. The summed E-state index contributed by atoms with van der Waals surface area (Å²) in [4.78, 5) is 40.7. The summed E-state index contributed by atoms with van der Waals surface area (Å²) in [7, 11) is -1.45. The number of hydrogen-bond donors (Lipinski definition) is 0. The molecule has 0 spiro atoms. The first-order valence-corrected chi connectivity index (χ1v) is 19.2. The third kappa shape index (κ3) is 11.3. The lowest BCUT2D eigenvalue weighted by Crippen LogP contribution is -2.46. The maximum absolute atomic E-state index is 14.9. The highest BCUT2D eigenvalue weighted by atomic mass is 31.1. The molecule has 14 heteroatoms. The molecular weight excluding hydrogens is 705 g/mol. The molecule has 2 aliphatic rings. The largest absolute Gasteiger partial charge is 0.502 e. The summed E-state index contributed by atoms with van der Waals surface area (Å²) in [5.74, 6) is -5.78. The highest BCUT2D eigenvalue weighted by molar-refractivity contribution is 7.74. The van der Waals surface area contributed by atoms with Crippen LogP contribution in [0.5, 0.6) is 5.75 Å². The van der Waals surface area contributed by atoms with Crippen LogP contribution in [0.3, 0.4) is 0 Å². The van der Waals surface area contributed by atoms with Crippen molar-refractivity contribution in [3.63, 3.8) is 0 Å². The van der Waals surface area contributed by atoms with Gasteiger partial charge in [-0.25, -0.2) is 23.2 Å². The number of amides is 1. The van der Waals surface area contributed by atoms with Gasteiger partial charge in [0.05, 0.1) is 25.4 Å². The number of benzene rings is 2. The van der Waals surface area contributed by atoms with E-state index in [9.17, 15) is 31.9 Å². The SMILES string of the molecule is CCOC(=O)C(F)(F)Oc1c(F)cc(F)cc1C1CCC(OCC2C(P(Cc3ccccc3)C(=O)OC(C)(C)C)CCN2C(=O)OC(C)(C)C)CC1. The van der Waals surface area contributed by atoms with E-state index in [1.165, 1.54) is 6.92 Å². The monoisotopic (exact) mass is 755 g/mol. The first kappa shape index (κ1) is 41.3. The lowest BCUT2D eigenvalue weighted by molar-refractivity contribution is -0.217. The van der Waals surface area contributed by atoms with Crippen LogP contribution >= 0.6 is 7.92 Å². The van der Waals surface area contributed by atoms with E-state index in [1.54, 1.807) is 25.7 Å². The first-order valence-electron chi connectivity index (χ1n) is 17.7.